The molecule has 0 spiro atoms. The van der Waals surface area contributed by atoms with E-state index < -0.39 is 15.2 Å². The molecule has 0 saturated heterocycles. The predicted molar refractivity (Wildman–Crippen MR) is 143 cm³/mol. The van der Waals surface area contributed by atoms with E-state index in [2.05, 4.69) is 0 Å². The van der Waals surface area contributed by atoms with Gasteiger partial charge in [-0.3, -0.25) is 9.13 Å². The Morgan fingerprint density at radius 3 is 1.16 bits per heavy atom. The summed E-state index contributed by atoms with van der Waals surface area (Å²) in [6, 6.07) is 19.9. The summed E-state index contributed by atoms with van der Waals surface area (Å²) in [7, 11) is -7.97. The van der Waals surface area contributed by atoms with Crippen LogP contribution >= 0.6 is 15.2 Å². The quantitative estimate of drug-likeness (QED) is 0.191. The molecule has 0 aliphatic rings. The van der Waals surface area contributed by atoms with Crippen LogP contribution in [-0.4, -0.2) is 49.4 Å². The first kappa shape index (κ1) is 29.7. The molecule has 3 rings (SSSR count). The SMILES string of the molecule is CCOP(=O)(O)c1ccccc1OCCOc1ccccc1OCCOc1ccccc1P(=O)(O)OCC. The van der Waals surface area contributed by atoms with Crippen molar-refractivity contribution < 1.29 is 46.9 Å². The second kappa shape index (κ2) is 14.4. The van der Waals surface area contributed by atoms with Crippen molar-refractivity contribution in [1.82, 2.24) is 0 Å². The second-order valence-corrected chi connectivity index (χ2v) is 11.2. The van der Waals surface area contributed by atoms with Crippen LogP contribution in [0.25, 0.3) is 0 Å². The zero-order valence-electron chi connectivity index (χ0n) is 21.2. The topological polar surface area (TPSA) is 130 Å². The lowest BCUT2D eigenvalue weighted by Crippen LogP contribution is -2.17. The minimum absolute atomic E-state index is 0.0889. The van der Waals surface area contributed by atoms with Gasteiger partial charge in [0.15, 0.2) is 11.5 Å². The fraction of sp³-hybridized carbons (Fsp3) is 0.308. The van der Waals surface area contributed by atoms with E-state index in [1.807, 2.05) is 0 Å². The van der Waals surface area contributed by atoms with E-state index in [1.165, 1.54) is 12.1 Å². The summed E-state index contributed by atoms with van der Waals surface area (Å²) in [5.41, 5.74) is 0. The first-order chi connectivity index (χ1) is 18.3. The van der Waals surface area contributed by atoms with Crippen molar-refractivity contribution in [1.29, 1.82) is 0 Å². The minimum atomic E-state index is -3.99. The van der Waals surface area contributed by atoms with Gasteiger partial charge in [-0.15, -0.1) is 0 Å². The Bertz CT molecular complexity index is 1170. The molecule has 0 amide bonds. The van der Waals surface area contributed by atoms with E-state index in [-0.39, 0.29) is 61.7 Å². The first-order valence-corrected chi connectivity index (χ1v) is 15.2. The van der Waals surface area contributed by atoms with Crippen LogP contribution in [0.1, 0.15) is 13.8 Å². The smallest absolute Gasteiger partial charge is 0.362 e. The molecule has 0 saturated carbocycles. The fourth-order valence-electron chi connectivity index (χ4n) is 3.41. The largest absolute Gasteiger partial charge is 0.489 e. The van der Waals surface area contributed by atoms with E-state index in [4.69, 9.17) is 28.0 Å². The third-order valence-corrected chi connectivity index (χ3v) is 8.17. The van der Waals surface area contributed by atoms with Gasteiger partial charge >= 0.3 is 15.2 Å². The zero-order valence-corrected chi connectivity index (χ0v) is 23.0. The molecule has 10 nitrogen and oxygen atoms in total. The number of rotatable bonds is 16. The number of hydrogen-bond donors (Lipinski definition) is 2. The lowest BCUT2D eigenvalue weighted by Gasteiger charge is -2.17. The molecule has 0 fully saturated rings. The number of hydrogen-bond acceptors (Lipinski definition) is 8. The van der Waals surface area contributed by atoms with Crippen molar-refractivity contribution >= 4 is 25.8 Å². The van der Waals surface area contributed by atoms with Crippen LogP contribution in [0.2, 0.25) is 0 Å². The maximum atomic E-state index is 12.4. The molecule has 3 aromatic rings. The van der Waals surface area contributed by atoms with Crippen LogP contribution in [-0.2, 0) is 18.2 Å². The first-order valence-electron chi connectivity index (χ1n) is 12.0. The van der Waals surface area contributed by atoms with E-state index in [0.29, 0.717) is 11.5 Å². The number of para-hydroxylation sites is 4. The minimum Gasteiger partial charge on any atom is -0.489 e. The van der Waals surface area contributed by atoms with Crippen LogP contribution in [0.4, 0.5) is 0 Å². The van der Waals surface area contributed by atoms with Gasteiger partial charge in [0.1, 0.15) is 48.5 Å². The molecular formula is C26H32O10P2. The second-order valence-electron chi connectivity index (χ2n) is 7.65. The van der Waals surface area contributed by atoms with Crippen LogP contribution in [0.3, 0.4) is 0 Å². The van der Waals surface area contributed by atoms with Crippen molar-refractivity contribution in [2.75, 3.05) is 39.6 Å². The van der Waals surface area contributed by atoms with Gasteiger partial charge in [-0.05, 0) is 50.2 Å². The molecule has 0 aliphatic heterocycles. The summed E-state index contributed by atoms with van der Waals surface area (Å²) in [5.74, 6) is 1.44. The highest BCUT2D eigenvalue weighted by Gasteiger charge is 2.27. The third-order valence-electron chi connectivity index (χ3n) is 4.99. The van der Waals surface area contributed by atoms with E-state index in [1.54, 1.807) is 74.5 Å². The van der Waals surface area contributed by atoms with Crippen molar-refractivity contribution in [3.05, 3.63) is 72.8 Å². The van der Waals surface area contributed by atoms with Crippen LogP contribution in [0.15, 0.2) is 72.8 Å². The Labute approximate surface area is 222 Å². The Balaban J connectivity index is 1.52. The summed E-state index contributed by atoms with van der Waals surface area (Å²) in [5, 5.41) is 0.178. The molecule has 2 atom stereocenters. The van der Waals surface area contributed by atoms with Gasteiger partial charge in [-0.1, -0.05) is 36.4 Å². The lowest BCUT2D eigenvalue weighted by molar-refractivity contribution is 0.192. The maximum absolute atomic E-state index is 12.4. The summed E-state index contributed by atoms with van der Waals surface area (Å²) in [6.45, 7) is 3.97. The molecule has 0 heterocycles. The molecular weight excluding hydrogens is 534 g/mol. The predicted octanol–water partition coefficient (Wildman–Crippen LogP) is 4.30. The van der Waals surface area contributed by atoms with E-state index in [9.17, 15) is 18.9 Å². The molecule has 2 unspecified atom stereocenters. The molecule has 38 heavy (non-hydrogen) atoms. The molecule has 3 aromatic carbocycles. The molecule has 2 N–H and O–H groups in total. The molecule has 206 valence electrons. The van der Waals surface area contributed by atoms with Gasteiger partial charge in [0.2, 0.25) is 0 Å². The highest BCUT2D eigenvalue weighted by atomic mass is 31.2. The van der Waals surface area contributed by atoms with Crippen molar-refractivity contribution in [3.63, 3.8) is 0 Å². The van der Waals surface area contributed by atoms with Crippen LogP contribution < -0.4 is 29.6 Å². The summed E-state index contributed by atoms with van der Waals surface area (Å²) < 4.78 is 57.8. The summed E-state index contributed by atoms with van der Waals surface area (Å²) >= 11 is 0. The maximum Gasteiger partial charge on any atom is 0.362 e. The lowest BCUT2D eigenvalue weighted by atomic mass is 10.3. The monoisotopic (exact) mass is 566 g/mol. The summed E-state index contributed by atoms with van der Waals surface area (Å²) in [4.78, 5) is 20.3. The standard InChI is InChI=1S/C26H32O10P2/c1-3-35-37(27,28)25-15-9-7-13-23(25)33-19-17-31-21-11-5-6-12-22(21)32-18-20-34-24-14-8-10-16-26(24)38(29,30)36-4-2/h5-16H,3-4,17-20H2,1-2H3,(H,27,28)(H,29,30). The van der Waals surface area contributed by atoms with Crippen molar-refractivity contribution in [2.45, 2.75) is 13.8 Å². The van der Waals surface area contributed by atoms with E-state index in [0.717, 1.165) is 0 Å². The average molecular weight is 566 g/mol. The van der Waals surface area contributed by atoms with Crippen molar-refractivity contribution in [2.24, 2.45) is 0 Å². The normalized spacial score (nSPS) is 14.2. The van der Waals surface area contributed by atoms with Gasteiger partial charge in [0.25, 0.3) is 0 Å². The highest BCUT2D eigenvalue weighted by Crippen LogP contribution is 2.44. The Morgan fingerprint density at radius 1 is 0.526 bits per heavy atom. The molecule has 0 aromatic heterocycles. The molecule has 12 heteroatoms. The van der Waals surface area contributed by atoms with Gasteiger partial charge in [-0.25, -0.2) is 0 Å². The van der Waals surface area contributed by atoms with Gasteiger partial charge in [0, 0.05) is 0 Å². The summed E-state index contributed by atoms with van der Waals surface area (Å²) in [6.07, 6.45) is 0. The van der Waals surface area contributed by atoms with Gasteiger partial charge in [-0.2, -0.15) is 0 Å². The van der Waals surface area contributed by atoms with Gasteiger partial charge < -0.3 is 37.8 Å². The molecule has 0 bridgehead atoms. The highest BCUT2D eigenvalue weighted by molar-refractivity contribution is 7.61. The van der Waals surface area contributed by atoms with Crippen LogP contribution in [0.5, 0.6) is 23.0 Å². The van der Waals surface area contributed by atoms with Crippen LogP contribution in [0, 0.1) is 0 Å². The zero-order chi connectivity index (χ0) is 27.4. The third kappa shape index (κ3) is 8.33. The molecule has 0 aliphatic carbocycles. The number of benzene rings is 3. The van der Waals surface area contributed by atoms with Gasteiger partial charge in [0.05, 0.1) is 13.2 Å². The average Bonchev–Trinajstić information content (AvgIpc) is 2.90. The van der Waals surface area contributed by atoms with Crippen molar-refractivity contribution in [3.8, 4) is 23.0 Å². The number of ether oxygens (including phenoxy) is 4. The Morgan fingerprint density at radius 2 is 0.816 bits per heavy atom. The Hall–Kier alpha value is -2.84. The van der Waals surface area contributed by atoms with E-state index >= 15 is 0 Å². The molecule has 0 radical (unpaired) electrons. The Kier molecular flexibility index (Phi) is 11.2. The fourth-order valence-corrected chi connectivity index (χ4v) is 5.77.